The predicted octanol–water partition coefficient (Wildman–Crippen LogP) is 1.45. The fraction of sp³-hybridized carbons (Fsp3) is 0.571. The molecule has 1 heterocycles. The van der Waals surface area contributed by atoms with Crippen LogP contribution in [0.3, 0.4) is 0 Å². The van der Waals surface area contributed by atoms with Gasteiger partial charge in [-0.15, -0.1) is 0 Å². The molecule has 0 spiro atoms. The highest BCUT2D eigenvalue weighted by Gasteiger charge is 2.36. The maximum atomic E-state index is 12.6. The molecule has 0 bridgehead atoms. The minimum atomic E-state index is -1.29. The molecule has 0 radical (unpaired) electrons. The van der Waals surface area contributed by atoms with Crippen molar-refractivity contribution in [2.45, 2.75) is 19.6 Å². The van der Waals surface area contributed by atoms with Gasteiger partial charge in [-0.2, -0.15) is 4.39 Å². The zero-order valence-electron chi connectivity index (χ0n) is 6.69. The summed E-state index contributed by atoms with van der Waals surface area (Å²) >= 11 is 0. The summed E-state index contributed by atoms with van der Waals surface area (Å²) < 4.78 is 33.8. The fourth-order valence-corrected chi connectivity index (χ4v) is 0.830. The number of esters is 1. The summed E-state index contributed by atoms with van der Waals surface area (Å²) in [6.07, 6.45) is 0. The van der Waals surface area contributed by atoms with E-state index >= 15 is 0 Å². The molecule has 1 rings (SSSR count). The van der Waals surface area contributed by atoms with Gasteiger partial charge in [-0.05, 0) is 0 Å². The van der Waals surface area contributed by atoms with E-state index in [1.165, 1.54) is 13.8 Å². The molecule has 5 heteroatoms. The van der Waals surface area contributed by atoms with E-state index in [0.29, 0.717) is 0 Å². The van der Waals surface area contributed by atoms with E-state index in [2.05, 4.69) is 4.74 Å². The lowest BCUT2D eigenvalue weighted by molar-refractivity contribution is -0.212. The molecule has 0 N–H and O–H groups in total. The molecule has 0 fully saturated rings. The summed E-state index contributed by atoms with van der Waals surface area (Å²) in [5.41, 5.74) is 0. The van der Waals surface area contributed by atoms with Crippen LogP contribution in [0, 0.1) is 0 Å². The first kappa shape index (κ1) is 8.96. The Morgan fingerprint density at radius 1 is 1.42 bits per heavy atom. The number of cyclic esters (lactones) is 1. The van der Waals surface area contributed by atoms with Crippen LogP contribution in [0.15, 0.2) is 11.6 Å². The summed E-state index contributed by atoms with van der Waals surface area (Å²) in [5.74, 6) is -4.36. The minimum absolute atomic E-state index is 0.601. The zero-order valence-corrected chi connectivity index (χ0v) is 6.69. The van der Waals surface area contributed by atoms with Gasteiger partial charge in [0.25, 0.3) is 0 Å². The Morgan fingerprint density at radius 2 is 2.00 bits per heavy atom. The normalized spacial score (nSPS) is 21.8. The van der Waals surface area contributed by atoms with Crippen LogP contribution in [-0.2, 0) is 14.3 Å². The number of alkyl halides is 1. The van der Waals surface area contributed by atoms with Crippen molar-refractivity contribution in [2.75, 3.05) is 6.67 Å². The van der Waals surface area contributed by atoms with Gasteiger partial charge < -0.3 is 9.47 Å². The lowest BCUT2D eigenvalue weighted by Crippen LogP contribution is -2.36. The van der Waals surface area contributed by atoms with Gasteiger partial charge in [0, 0.05) is 13.8 Å². The van der Waals surface area contributed by atoms with Crippen molar-refractivity contribution in [3.05, 3.63) is 11.6 Å². The van der Waals surface area contributed by atoms with Crippen LogP contribution in [0.25, 0.3) is 0 Å². The number of carbonyl (C=O) groups is 1. The molecule has 0 saturated heterocycles. The predicted molar refractivity (Wildman–Crippen MR) is 35.4 cm³/mol. The summed E-state index contributed by atoms with van der Waals surface area (Å²) in [6.45, 7) is 1.64. The number of allylic oxidation sites excluding steroid dienone is 1. The third-order valence-electron chi connectivity index (χ3n) is 1.25. The lowest BCUT2D eigenvalue weighted by atomic mass is 10.3. The molecule has 0 aromatic carbocycles. The number of carbonyl (C=O) groups excluding carboxylic acids is 1. The molecule has 0 aromatic rings. The van der Waals surface area contributed by atoms with Crippen molar-refractivity contribution in [3.63, 3.8) is 0 Å². The van der Waals surface area contributed by atoms with E-state index in [1.807, 2.05) is 0 Å². The van der Waals surface area contributed by atoms with Gasteiger partial charge in [0.1, 0.15) is 0 Å². The van der Waals surface area contributed by atoms with Gasteiger partial charge in [-0.1, -0.05) is 0 Å². The largest absolute Gasteiger partial charge is 0.451 e. The Morgan fingerprint density at radius 3 is 2.50 bits per heavy atom. The Labute approximate surface area is 68.0 Å². The summed E-state index contributed by atoms with van der Waals surface area (Å²) in [6, 6.07) is 0. The van der Waals surface area contributed by atoms with Crippen molar-refractivity contribution >= 4 is 5.97 Å². The Kier molecular flexibility index (Phi) is 2.04. The topological polar surface area (TPSA) is 35.5 Å². The average molecular weight is 178 g/mol. The van der Waals surface area contributed by atoms with Gasteiger partial charge in [0.05, 0.1) is 0 Å². The van der Waals surface area contributed by atoms with Crippen LogP contribution in [0.2, 0.25) is 0 Å². The lowest BCUT2D eigenvalue weighted by Gasteiger charge is -2.30. The fourth-order valence-electron chi connectivity index (χ4n) is 0.830. The van der Waals surface area contributed by atoms with Gasteiger partial charge in [0.2, 0.25) is 11.6 Å². The maximum Gasteiger partial charge on any atom is 0.374 e. The summed E-state index contributed by atoms with van der Waals surface area (Å²) in [4.78, 5) is 10.7. The Bertz CT molecular complexity index is 245. The SMILES string of the molecule is CC1(C)OC(=O)C(F)=C(CF)O1. The van der Waals surface area contributed by atoms with Crippen molar-refractivity contribution in [1.82, 2.24) is 0 Å². The molecule has 68 valence electrons. The van der Waals surface area contributed by atoms with Gasteiger partial charge >= 0.3 is 5.97 Å². The molecular weight excluding hydrogens is 170 g/mol. The molecule has 1 aliphatic heterocycles. The van der Waals surface area contributed by atoms with E-state index in [4.69, 9.17) is 4.74 Å². The second-order valence-electron chi connectivity index (χ2n) is 2.76. The molecule has 0 atom stereocenters. The van der Waals surface area contributed by atoms with Gasteiger partial charge in [0.15, 0.2) is 12.4 Å². The second-order valence-corrected chi connectivity index (χ2v) is 2.76. The molecule has 12 heavy (non-hydrogen) atoms. The molecule has 0 aliphatic carbocycles. The van der Waals surface area contributed by atoms with Gasteiger partial charge in [-0.25, -0.2) is 9.18 Å². The number of hydrogen-bond acceptors (Lipinski definition) is 3. The first-order valence-corrected chi connectivity index (χ1v) is 3.33. The minimum Gasteiger partial charge on any atom is -0.451 e. The Balaban J connectivity index is 2.95. The van der Waals surface area contributed by atoms with Crippen molar-refractivity contribution in [2.24, 2.45) is 0 Å². The Hall–Kier alpha value is -1.13. The molecule has 0 amide bonds. The molecule has 0 saturated carbocycles. The molecule has 0 aromatic heterocycles. The van der Waals surface area contributed by atoms with Crippen LogP contribution in [0.1, 0.15) is 13.8 Å². The van der Waals surface area contributed by atoms with Crippen LogP contribution in [0.5, 0.6) is 0 Å². The van der Waals surface area contributed by atoms with Crippen LogP contribution >= 0.6 is 0 Å². The van der Waals surface area contributed by atoms with Gasteiger partial charge in [-0.3, -0.25) is 0 Å². The third kappa shape index (κ3) is 1.54. The van der Waals surface area contributed by atoms with Crippen molar-refractivity contribution < 1.29 is 23.0 Å². The highest BCUT2D eigenvalue weighted by Crippen LogP contribution is 2.27. The van der Waals surface area contributed by atoms with E-state index in [-0.39, 0.29) is 0 Å². The monoisotopic (exact) mass is 178 g/mol. The first-order valence-electron chi connectivity index (χ1n) is 3.33. The molecule has 0 unspecified atom stereocenters. The van der Waals surface area contributed by atoms with Crippen molar-refractivity contribution in [1.29, 1.82) is 0 Å². The molecular formula is C7H8F2O3. The first-order chi connectivity index (χ1) is 5.46. The third-order valence-corrected chi connectivity index (χ3v) is 1.25. The number of halogens is 2. The maximum absolute atomic E-state index is 12.6. The van der Waals surface area contributed by atoms with E-state index < -0.39 is 30.0 Å². The van der Waals surface area contributed by atoms with E-state index in [0.717, 1.165) is 0 Å². The van der Waals surface area contributed by atoms with Crippen molar-refractivity contribution in [3.8, 4) is 0 Å². The number of hydrogen-bond donors (Lipinski definition) is 0. The summed E-state index contributed by atoms with van der Waals surface area (Å²) in [7, 11) is 0. The van der Waals surface area contributed by atoms with Crippen LogP contribution in [-0.4, -0.2) is 18.4 Å². The average Bonchev–Trinajstić information content (AvgIpc) is 1.96. The number of rotatable bonds is 1. The zero-order chi connectivity index (χ0) is 9.35. The van der Waals surface area contributed by atoms with E-state index in [1.54, 1.807) is 0 Å². The highest BCUT2D eigenvalue weighted by atomic mass is 19.1. The van der Waals surface area contributed by atoms with Crippen LogP contribution < -0.4 is 0 Å². The summed E-state index contributed by atoms with van der Waals surface area (Å²) in [5, 5.41) is 0. The highest BCUT2D eigenvalue weighted by molar-refractivity contribution is 5.87. The molecule has 3 nitrogen and oxygen atoms in total. The second kappa shape index (κ2) is 2.73. The molecule has 1 aliphatic rings. The van der Waals surface area contributed by atoms with E-state index in [9.17, 15) is 13.6 Å². The smallest absolute Gasteiger partial charge is 0.374 e. The van der Waals surface area contributed by atoms with Crippen LogP contribution in [0.4, 0.5) is 8.78 Å². The number of ether oxygens (including phenoxy) is 2. The quantitative estimate of drug-likeness (QED) is 0.570. The standard InChI is InChI=1S/C7H8F2O3/c1-7(2)11-4(3-8)5(9)6(10)12-7/h3H2,1-2H3.